The number of aromatic amines is 2. The minimum atomic E-state index is -4.48. The molecule has 5 atom stereocenters. The summed E-state index contributed by atoms with van der Waals surface area (Å²) < 4.78 is 24.4. The number of ether oxygens (including phenoxy) is 1. The largest absolute Gasteiger partial charge is 0.488 e. The molecular weight excluding hydrogens is 339 g/mol. The lowest BCUT2D eigenvalue weighted by atomic mass is 10.1. The van der Waals surface area contributed by atoms with Gasteiger partial charge in [-0.15, -0.1) is 0 Å². The Bertz CT molecular complexity index is 677. The molecule has 8 N–H and O–H groups in total. The third-order valence-electron chi connectivity index (χ3n) is 2.96. The lowest BCUT2D eigenvalue weighted by Gasteiger charge is -2.17. The van der Waals surface area contributed by atoms with E-state index in [1.54, 1.807) is 0 Å². The van der Waals surface area contributed by atoms with Crippen LogP contribution >= 0.6 is 7.82 Å². The Hall–Kier alpha value is -1.57. The van der Waals surface area contributed by atoms with Gasteiger partial charge in [0, 0.05) is 6.07 Å². The van der Waals surface area contributed by atoms with E-state index in [2.05, 4.69) is 25.3 Å². The number of rotatable bonds is 6. The van der Waals surface area contributed by atoms with Gasteiger partial charge in [-0.2, -0.15) is 0 Å². The minimum absolute atomic E-state index is 0.0605. The number of aliphatic hydroxyl groups is 2. The first-order valence-corrected chi connectivity index (χ1v) is 7.69. The van der Waals surface area contributed by atoms with Crippen LogP contribution < -0.4 is 22.5 Å². The molecule has 14 heteroatoms. The highest BCUT2D eigenvalue weighted by Gasteiger charge is 2.44. The van der Waals surface area contributed by atoms with Crippen molar-refractivity contribution < 1.29 is 33.6 Å². The molecule has 1 aliphatic rings. The third-order valence-corrected chi connectivity index (χ3v) is 3.70. The molecule has 0 radical (unpaired) electrons. The number of aromatic nitrogens is 2. The molecule has 1 saturated heterocycles. The average molecular weight is 354 g/mol. The maximum absolute atomic E-state index is 11.2. The number of nitrogens with two attached hydrogens (primary N) is 1. The van der Waals surface area contributed by atoms with Crippen molar-refractivity contribution in [3.05, 3.63) is 26.9 Å². The van der Waals surface area contributed by atoms with Gasteiger partial charge in [-0.25, -0.2) is 19.9 Å². The van der Waals surface area contributed by atoms with Crippen molar-refractivity contribution in [1.82, 2.24) is 9.97 Å². The first kappa shape index (κ1) is 17.8. The zero-order chi connectivity index (χ0) is 17.2. The highest BCUT2D eigenvalue weighted by Crippen LogP contribution is 2.41. The Labute approximate surface area is 127 Å². The molecule has 0 amide bonds. The highest BCUT2D eigenvalue weighted by molar-refractivity contribution is 7.47. The van der Waals surface area contributed by atoms with Gasteiger partial charge >= 0.3 is 13.5 Å². The molecule has 1 aliphatic heterocycles. The molecule has 0 spiro atoms. The molecule has 0 saturated carbocycles. The first-order valence-electron chi connectivity index (χ1n) is 6.19. The number of phosphoric acid groups is 1. The average Bonchev–Trinajstić information content (AvgIpc) is 2.72. The summed E-state index contributed by atoms with van der Waals surface area (Å²) in [6, 6.07) is 0.998. The quantitative estimate of drug-likeness (QED) is 0.201. The number of anilines is 1. The van der Waals surface area contributed by atoms with Gasteiger partial charge in [0.2, 0.25) is 0 Å². The predicted octanol–water partition coefficient (Wildman–Crippen LogP) is -3.07. The van der Waals surface area contributed by atoms with Crippen molar-refractivity contribution in [2.45, 2.75) is 24.5 Å². The van der Waals surface area contributed by atoms with Crippen molar-refractivity contribution in [3.8, 4) is 0 Å². The summed E-state index contributed by atoms with van der Waals surface area (Å²) in [5.41, 5.74) is -1.47. The fourth-order valence-corrected chi connectivity index (χ4v) is 2.30. The van der Waals surface area contributed by atoms with Crippen LogP contribution in [0.3, 0.4) is 0 Å². The van der Waals surface area contributed by atoms with Crippen molar-refractivity contribution in [2.75, 3.05) is 11.9 Å². The number of hydrogen-bond acceptors (Lipinski definition) is 10. The maximum Gasteiger partial charge on any atom is 0.488 e. The lowest BCUT2D eigenvalue weighted by Crippen LogP contribution is -2.37. The van der Waals surface area contributed by atoms with Gasteiger partial charge in [-0.3, -0.25) is 19.3 Å². The van der Waals surface area contributed by atoms with E-state index in [9.17, 15) is 24.4 Å². The van der Waals surface area contributed by atoms with Crippen molar-refractivity contribution in [2.24, 2.45) is 5.90 Å². The molecule has 0 bridgehead atoms. The summed E-state index contributed by atoms with van der Waals surface area (Å²) in [6.07, 6.45) is -5.35. The molecule has 1 aromatic heterocycles. The molecular formula is C9H15N4O9P. The third kappa shape index (κ3) is 4.46. The smallest absolute Gasteiger partial charge is 0.387 e. The maximum atomic E-state index is 11.2. The van der Waals surface area contributed by atoms with Gasteiger partial charge in [0.05, 0.1) is 6.61 Å². The second kappa shape index (κ2) is 6.90. The van der Waals surface area contributed by atoms with Crippen molar-refractivity contribution in [1.29, 1.82) is 0 Å². The van der Waals surface area contributed by atoms with Crippen LogP contribution in [0.1, 0.15) is 0 Å². The fourth-order valence-electron chi connectivity index (χ4n) is 1.90. The summed E-state index contributed by atoms with van der Waals surface area (Å²) in [7, 11) is -4.48. The Morgan fingerprint density at radius 1 is 1.35 bits per heavy atom. The van der Waals surface area contributed by atoms with Crippen molar-refractivity contribution in [3.63, 3.8) is 0 Å². The van der Waals surface area contributed by atoms with Crippen LogP contribution in [-0.4, -0.2) is 56.2 Å². The van der Waals surface area contributed by atoms with Crippen LogP contribution in [0.25, 0.3) is 0 Å². The zero-order valence-corrected chi connectivity index (χ0v) is 12.3. The molecule has 0 aromatic carbocycles. The highest BCUT2D eigenvalue weighted by atomic mass is 31.2. The molecule has 13 nitrogen and oxygen atoms in total. The Morgan fingerprint density at radius 3 is 2.65 bits per heavy atom. The van der Waals surface area contributed by atoms with E-state index < -0.39 is 50.2 Å². The van der Waals surface area contributed by atoms with E-state index in [1.807, 2.05) is 4.98 Å². The summed E-state index contributed by atoms with van der Waals surface area (Å²) in [5.74, 6) is 4.48. The van der Waals surface area contributed by atoms with Gasteiger partial charge in [-0.05, 0) is 0 Å². The normalized spacial score (nSPS) is 30.1. The van der Waals surface area contributed by atoms with Crippen molar-refractivity contribution >= 4 is 13.6 Å². The summed E-state index contributed by atoms with van der Waals surface area (Å²) in [5, 5.41) is 22.2. The molecule has 1 fully saturated rings. The van der Waals surface area contributed by atoms with E-state index in [0.29, 0.717) is 0 Å². The minimum Gasteiger partial charge on any atom is -0.387 e. The Balaban J connectivity index is 2.03. The zero-order valence-electron chi connectivity index (χ0n) is 11.4. The van der Waals surface area contributed by atoms with Crippen LogP contribution in [0.5, 0.6) is 0 Å². The summed E-state index contributed by atoms with van der Waals surface area (Å²) in [4.78, 5) is 35.5. The molecule has 1 aromatic rings. The van der Waals surface area contributed by atoms with E-state index in [0.717, 1.165) is 6.07 Å². The molecule has 23 heavy (non-hydrogen) atoms. The molecule has 2 heterocycles. The SMILES string of the molecule is NOP(=O)(O)OC[C@H]1OC(Nc2cc(=O)[nH]c(=O)[nH]2)[C@H](O)[C@@H]1O. The standard InChI is InChI=1S/C9H15N4O9P/c10-22-23(18,19)20-2-3-6(15)7(16)8(21-3)11-4-1-5(14)13-9(17)12-4/h1,3,6-8,15-16H,2,10H2,(H,18,19)(H3,11,12,13,14,17)/t3-,6-,7-,8?/m1/s1. The van der Waals surface area contributed by atoms with E-state index in [4.69, 9.17) is 9.63 Å². The topological polar surface area (TPSA) is 209 Å². The van der Waals surface area contributed by atoms with Gasteiger partial charge in [0.1, 0.15) is 24.1 Å². The number of hydrogen-bond donors (Lipinski definition) is 7. The number of phosphoric ester groups is 1. The van der Waals surface area contributed by atoms with E-state index >= 15 is 0 Å². The molecule has 130 valence electrons. The van der Waals surface area contributed by atoms with Crippen LogP contribution in [-0.2, 0) is 18.5 Å². The second-order valence-electron chi connectivity index (χ2n) is 4.59. The molecule has 2 rings (SSSR count). The summed E-state index contributed by atoms with van der Waals surface area (Å²) >= 11 is 0. The van der Waals surface area contributed by atoms with Crippen LogP contribution in [0, 0.1) is 0 Å². The van der Waals surface area contributed by atoms with Crippen LogP contribution in [0.15, 0.2) is 15.7 Å². The number of H-pyrrole nitrogens is 2. The van der Waals surface area contributed by atoms with Gasteiger partial charge in [0.15, 0.2) is 6.23 Å². The van der Waals surface area contributed by atoms with Crippen LogP contribution in [0.2, 0.25) is 0 Å². The number of aliphatic hydroxyl groups excluding tert-OH is 2. The van der Waals surface area contributed by atoms with Gasteiger partial charge < -0.3 is 25.2 Å². The first-order chi connectivity index (χ1) is 10.7. The second-order valence-corrected chi connectivity index (χ2v) is 6.00. The van der Waals surface area contributed by atoms with Gasteiger partial charge in [0.25, 0.3) is 5.56 Å². The van der Waals surface area contributed by atoms with Gasteiger partial charge in [-0.1, -0.05) is 0 Å². The van der Waals surface area contributed by atoms with E-state index in [1.165, 1.54) is 0 Å². The Kier molecular flexibility index (Phi) is 5.33. The predicted molar refractivity (Wildman–Crippen MR) is 73.0 cm³/mol. The monoisotopic (exact) mass is 354 g/mol. The number of nitrogens with one attached hydrogen (secondary N) is 3. The molecule has 0 aliphatic carbocycles. The van der Waals surface area contributed by atoms with E-state index in [-0.39, 0.29) is 5.82 Å². The lowest BCUT2D eigenvalue weighted by molar-refractivity contribution is -0.0175. The Morgan fingerprint density at radius 2 is 2.04 bits per heavy atom. The summed E-state index contributed by atoms with van der Waals surface area (Å²) in [6.45, 7) is -0.604. The fraction of sp³-hybridized carbons (Fsp3) is 0.556. The molecule has 2 unspecified atom stereocenters. The van der Waals surface area contributed by atoms with Crippen LogP contribution in [0.4, 0.5) is 5.82 Å².